The average Bonchev–Trinajstić information content (AvgIpc) is 2.29. The predicted molar refractivity (Wildman–Crippen MR) is 71.5 cm³/mol. The first kappa shape index (κ1) is 12.1. The fraction of sp³-hybridized carbons (Fsp3) is 0.154. The highest BCUT2D eigenvalue weighted by molar-refractivity contribution is 9.10. The normalized spacial score (nSPS) is 12.4. The second kappa shape index (κ2) is 5.29. The minimum absolute atomic E-state index is 0.524. The minimum atomic E-state index is -0.561. The van der Waals surface area contributed by atoms with Crippen LogP contribution in [0.25, 0.3) is 0 Å². The summed E-state index contributed by atoms with van der Waals surface area (Å²) in [6.45, 7) is 0. The van der Waals surface area contributed by atoms with Crippen molar-refractivity contribution in [1.29, 1.82) is 0 Å². The van der Waals surface area contributed by atoms with Crippen LogP contribution in [0.4, 0.5) is 5.69 Å². The molecule has 3 nitrogen and oxygen atoms in total. The molecule has 0 aliphatic rings. The van der Waals surface area contributed by atoms with E-state index < -0.39 is 6.10 Å². The van der Waals surface area contributed by atoms with E-state index in [1.807, 2.05) is 18.2 Å². The Bertz CT molecular complexity index is 516. The van der Waals surface area contributed by atoms with Crippen molar-refractivity contribution in [2.24, 2.45) is 0 Å². The predicted octanol–water partition coefficient (Wildman–Crippen LogP) is 2.70. The number of aromatic nitrogens is 1. The maximum absolute atomic E-state index is 10.1. The molecular weight excluding hydrogens is 280 g/mol. The first-order valence-electron chi connectivity index (χ1n) is 5.28. The van der Waals surface area contributed by atoms with Gasteiger partial charge in [-0.15, -0.1) is 0 Å². The molecule has 0 spiro atoms. The van der Waals surface area contributed by atoms with Crippen molar-refractivity contribution >= 4 is 21.6 Å². The molecule has 1 heterocycles. The molecule has 1 atom stereocenters. The summed E-state index contributed by atoms with van der Waals surface area (Å²) < 4.78 is 0.912. The summed E-state index contributed by atoms with van der Waals surface area (Å²) >= 11 is 3.36. The number of hydrogen-bond donors (Lipinski definition) is 2. The van der Waals surface area contributed by atoms with Crippen LogP contribution in [-0.2, 0) is 6.42 Å². The number of benzene rings is 1. The van der Waals surface area contributed by atoms with E-state index in [0.717, 1.165) is 15.6 Å². The van der Waals surface area contributed by atoms with Gasteiger partial charge in [0.2, 0.25) is 0 Å². The van der Waals surface area contributed by atoms with Crippen LogP contribution in [0, 0.1) is 0 Å². The molecule has 1 unspecified atom stereocenters. The monoisotopic (exact) mass is 292 g/mol. The van der Waals surface area contributed by atoms with Gasteiger partial charge in [0.05, 0.1) is 6.10 Å². The van der Waals surface area contributed by atoms with E-state index in [-0.39, 0.29) is 0 Å². The van der Waals surface area contributed by atoms with Crippen LogP contribution in [0.1, 0.15) is 17.2 Å². The quantitative estimate of drug-likeness (QED) is 0.855. The van der Waals surface area contributed by atoms with Crippen LogP contribution in [-0.4, -0.2) is 10.1 Å². The summed E-state index contributed by atoms with van der Waals surface area (Å²) in [6, 6.07) is 9.25. The summed E-state index contributed by atoms with van der Waals surface area (Å²) in [5.41, 5.74) is 8.15. The van der Waals surface area contributed by atoms with E-state index in [1.54, 1.807) is 24.5 Å². The molecule has 0 saturated heterocycles. The smallest absolute Gasteiger partial charge is 0.0831 e. The molecule has 0 aliphatic carbocycles. The molecule has 0 bridgehead atoms. The van der Waals surface area contributed by atoms with Crippen LogP contribution in [0.3, 0.4) is 0 Å². The number of aliphatic hydroxyl groups is 1. The Labute approximate surface area is 108 Å². The van der Waals surface area contributed by atoms with Crippen molar-refractivity contribution in [2.75, 3.05) is 5.73 Å². The molecule has 17 heavy (non-hydrogen) atoms. The molecule has 1 aromatic heterocycles. The number of nitrogens with two attached hydrogens (primary N) is 1. The zero-order chi connectivity index (χ0) is 12.3. The highest BCUT2D eigenvalue weighted by atomic mass is 79.9. The zero-order valence-electron chi connectivity index (χ0n) is 9.18. The van der Waals surface area contributed by atoms with Crippen LogP contribution in [0.2, 0.25) is 0 Å². The largest absolute Gasteiger partial charge is 0.399 e. The van der Waals surface area contributed by atoms with Crippen LogP contribution < -0.4 is 5.73 Å². The molecule has 2 aromatic rings. The van der Waals surface area contributed by atoms with Crippen molar-refractivity contribution in [3.63, 3.8) is 0 Å². The molecule has 88 valence electrons. The Kier molecular flexibility index (Phi) is 3.76. The fourth-order valence-electron chi connectivity index (χ4n) is 1.67. The molecular formula is C13H13BrN2O. The Hall–Kier alpha value is -1.39. The lowest BCUT2D eigenvalue weighted by Gasteiger charge is -2.11. The molecule has 0 saturated carbocycles. The van der Waals surface area contributed by atoms with Gasteiger partial charge in [0, 0.05) is 29.0 Å². The fourth-order valence-corrected chi connectivity index (χ4v) is 2.09. The van der Waals surface area contributed by atoms with Gasteiger partial charge in [-0.2, -0.15) is 0 Å². The first-order chi connectivity index (χ1) is 8.15. The molecule has 1 aromatic carbocycles. The molecule has 0 fully saturated rings. The SMILES string of the molecule is Nc1cccc(C(O)Cc2cncc(Br)c2)c1. The van der Waals surface area contributed by atoms with E-state index in [0.29, 0.717) is 12.1 Å². The summed E-state index contributed by atoms with van der Waals surface area (Å²) in [7, 11) is 0. The second-order valence-corrected chi connectivity index (χ2v) is 4.82. The summed E-state index contributed by atoms with van der Waals surface area (Å²) in [4.78, 5) is 4.07. The summed E-state index contributed by atoms with van der Waals surface area (Å²) in [6.07, 6.45) is 3.43. The minimum Gasteiger partial charge on any atom is -0.399 e. The van der Waals surface area contributed by atoms with Gasteiger partial charge < -0.3 is 10.8 Å². The van der Waals surface area contributed by atoms with Crippen LogP contribution >= 0.6 is 15.9 Å². The first-order valence-corrected chi connectivity index (χ1v) is 6.07. The van der Waals surface area contributed by atoms with Gasteiger partial charge in [0.1, 0.15) is 0 Å². The third kappa shape index (κ3) is 3.28. The number of nitrogens with zero attached hydrogens (tertiary/aromatic N) is 1. The van der Waals surface area contributed by atoms with Crippen molar-refractivity contribution < 1.29 is 5.11 Å². The van der Waals surface area contributed by atoms with Gasteiger partial charge in [-0.3, -0.25) is 4.98 Å². The Morgan fingerprint density at radius 3 is 2.82 bits per heavy atom. The molecule has 4 heteroatoms. The molecule has 3 N–H and O–H groups in total. The van der Waals surface area contributed by atoms with Gasteiger partial charge in [-0.05, 0) is 45.3 Å². The third-order valence-electron chi connectivity index (χ3n) is 2.49. The number of nitrogen functional groups attached to an aromatic ring is 1. The van der Waals surface area contributed by atoms with E-state index in [2.05, 4.69) is 20.9 Å². The maximum atomic E-state index is 10.1. The summed E-state index contributed by atoms with van der Waals surface area (Å²) in [5, 5.41) is 10.1. The van der Waals surface area contributed by atoms with Gasteiger partial charge in [0.25, 0.3) is 0 Å². The average molecular weight is 293 g/mol. The number of aliphatic hydroxyl groups excluding tert-OH is 1. The van der Waals surface area contributed by atoms with Crippen molar-refractivity contribution in [2.45, 2.75) is 12.5 Å². The Morgan fingerprint density at radius 2 is 2.12 bits per heavy atom. The van der Waals surface area contributed by atoms with Gasteiger partial charge >= 0.3 is 0 Å². The van der Waals surface area contributed by atoms with Crippen LogP contribution in [0.15, 0.2) is 47.2 Å². The summed E-state index contributed by atoms with van der Waals surface area (Å²) in [5.74, 6) is 0. The highest BCUT2D eigenvalue weighted by Crippen LogP contribution is 2.21. The standard InChI is InChI=1S/C13H13BrN2O/c14-11-4-9(7-16-8-11)5-13(17)10-2-1-3-12(15)6-10/h1-4,6-8,13,17H,5,15H2. The number of halogens is 1. The van der Waals surface area contributed by atoms with E-state index in [9.17, 15) is 5.11 Å². The Balaban J connectivity index is 2.14. The van der Waals surface area contributed by atoms with E-state index in [1.165, 1.54) is 0 Å². The van der Waals surface area contributed by atoms with Crippen LogP contribution in [0.5, 0.6) is 0 Å². The molecule has 0 aliphatic heterocycles. The lowest BCUT2D eigenvalue weighted by Crippen LogP contribution is -2.02. The third-order valence-corrected chi connectivity index (χ3v) is 2.92. The zero-order valence-corrected chi connectivity index (χ0v) is 10.8. The molecule has 0 radical (unpaired) electrons. The van der Waals surface area contributed by atoms with Gasteiger partial charge in [-0.1, -0.05) is 12.1 Å². The highest BCUT2D eigenvalue weighted by Gasteiger charge is 2.09. The van der Waals surface area contributed by atoms with Gasteiger partial charge in [-0.25, -0.2) is 0 Å². The van der Waals surface area contributed by atoms with E-state index >= 15 is 0 Å². The second-order valence-electron chi connectivity index (χ2n) is 3.90. The van der Waals surface area contributed by atoms with E-state index in [4.69, 9.17) is 5.73 Å². The molecule has 0 amide bonds. The number of rotatable bonds is 3. The lowest BCUT2D eigenvalue weighted by atomic mass is 10.0. The Morgan fingerprint density at radius 1 is 1.29 bits per heavy atom. The molecule has 2 rings (SSSR count). The number of pyridine rings is 1. The topological polar surface area (TPSA) is 59.1 Å². The van der Waals surface area contributed by atoms with Gasteiger partial charge in [0.15, 0.2) is 0 Å². The number of anilines is 1. The lowest BCUT2D eigenvalue weighted by molar-refractivity contribution is 0.178. The number of hydrogen-bond acceptors (Lipinski definition) is 3. The maximum Gasteiger partial charge on any atom is 0.0831 e. The van der Waals surface area contributed by atoms with Crippen molar-refractivity contribution in [3.8, 4) is 0 Å². The van der Waals surface area contributed by atoms with Crippen molar-refractivity contribution in [3.05, 3.63) is 58.3 Å². The van der Waals surface area contributed by atoms with Crippen molar-refractivity contribution in [1.82, 2.24) is 4.98 Å².